The van der Waals surface area contributed by atoms with Crippen LogP contribution in [0.2, 0.25) is 0 Å². The Labute approximate surface area is 238 Å². The Morgan fingerprint density at radius 2 is 0.775 bits per heavy atom. The van der Waals surface area contributed by atoms with Gasteiger partial charge in [0.1, 0.15) is 0 Å². The van der Waals surface area contributed by atoms with Crippen molar-refractivity contribution >= 4 is 50.3 Å². The van der Waals surface area contributed by atoms with Crippen molar-refractivity contribution in [3.8, 4) is 0 Å². The van der Waals surface area contributed by atoms with Crippen LogP contribution >= 0.6 is 0 Å². The molecule has 3 N–H and O–H groups in total. The summed E-state index contributed by atoms with van der Waals surface area (Å²) in [6, 6.07) is 31.8. The van der Waals surface area contributed by atoms with Crippen molar-refractivity contribution in [1.82, 2.24) is 0 Å². The second-order valence-corrected chi connectivity index (χ2v) is 10.9. The topological polar surface area (TPSA) is 52.7 Å². The van der Waals surface area contributed by atoms with Gasteiger partial charge in [-0.25, -0.2) is 4.98 Å². The van der Waals surface area contributed by atoms with Gasteiger partial charge in [-0.1, -0.05) is 0 Å². The molecule has 40 heavy (non-hydrogen) atoms. The van der Waals surface area contributed by atoms with Crippen molar-refractivity contribution < 1.29 is 10.4 Å². The second-order valence-electron chi connectivity index (χ2n) is 10.9. The van der Waals surface area contributed by atoms with Gasteiger partial charge in [0.15, 0.2) is 0 Å². The SMILES string of the molecule is CN(C)c1ccc(C(=[NH2+])c2ccc(N(C)C)cc2)cc1.CN(C)c1ccc2cc3ccc(N(C)C)cc3[nH+]c2c1. The highest BCUT2D eigenvalue weighted by atomic mass is 15.1. The Hall–Kier alpha value is -4.58. The van der Waals surface area contributed by atoms with Crippen LogP contribution in [0.15, 0.2) is 91.0 Å². The number of benzene rings is 4. The van der Waals surface area contributed by atoms with Gasteiger partial charge in [0.2, 0.25) is 16.7 Å². The van der Waals surface area contributed by atoms with E-state index in [9.17, 15) is 0 Å². The van der Waals surface area contributed by atoms with E-state index in [2.05, 4.69) is 144 Å². The third-order valence-corrected chi connectivity index (χ3v) is 7.08. The minimum atomic E-state index is 0.806. The minimum absolute atomic E-state index is 0.806. The number of nitrogens with zero attached hydrogens (tertiary/aromatic N) is 4. The summed E-state index contributed by atoms with van der Waals surface area (Å²) in [5, 5.41) is 8.73. The molecule has 206 valence electrons. The van der Waals surface area contributed by atoms with Crippen LogP contribution in [0.4, 0.5) is 22.7 Å². The van der Waals surface area contributed by atoms with Gasteiger partial charge >= 0.3 is 0 Å². The van der Waals surface area contributed by atoms with E-state index in [1.54, 1.807) is 0 Å². The predicted molar refractivity (Wildman–Crippen MR) is 173 cm³/mol. The maximum Gasteiger partial charge on any atom is 0.213 e. The summed E-state index contributed by atoms with van der Waals surface area (Å²) in [4.78, 5) is 11.9. The highest BCUT2D eigenvalue weighted by Crippen LogP contribution is 2.24. The molecule has 0 saturated carbocycles. The third-order valence-electron chi connectivity index (χ3n) is 7.08. The van der Waals surface area contributed by atoms with Crippen LogP contribution < -0.4 is 30.0 Å². The molecular weight excluding hydrogens is 492 g/mol. The molecule has 0 unspecified atom stereocenters. The van der Waals surface area contributed by atoms with E-state index in [0.717, 1.165) is 16.8 Å². The minimum Gasteiger partial charge on any atom is -0.378 e. The van der Waals surface area contributed by atoms with Crippen LogP contribution in [0.3, 0.4) is 0 Å². The molecule has 0 aliphatic rings. The highest BCUT2D eigenvalue weighted by molar-refractivity contribution is 6.09. The monoisotopic (exact) mass is 534 g/mol. The number of H-pyrrole nitrogens is 1. The smallest absolute Gasteiger partial charge is 0.213 e. The standard InChI is InChI=1S/C17H19N3.C17H21N3/c1-19(2)14-7-5-12-9-13-6-8-15(20(3)4)11-17(13)18-16(12)10-14;1-19(2)15-9-5-13(6-10-15)17(18)14-7-11-16(12-8-14)20(3)4/h5-11H,1-4H3;5-12,18H,1-4H3/p+2. The van der Waals surface area contributed by atoms with Crippen molar-refractivity contribution in [2.75, 3.05) is 76.0 Å². The molecule has 1 heterocycles. The van der Waals surface area contributed by atoms with Gasteiger partial charge in [0, 0.05) is 113 Å². The van der Waals surface area contributed by atoms with E-state index < -0.39 is 0 Å². The first-order valence-electron chi connectivity index (χ1n) is 13.5. The third kappa shape index (κ3) is 6.52. The second kappa shape index (κ2) is 12.1. The maximum atomic E-state index is 6.26. The molecule has 0 aliphatic heterocycles. The lowest BCUT2D eigenvalue weighted by Crippen LogP contribution is -2.41. The molecule has 5 rings (SSSR count). The number of aromatic amines is 1. The molecule has 0 radical (unpaired) electrons. The molecule has 0 amide bonds. The average Bonchev–Trinajstić information content (AvgIpc) is 2.95. The summed E-state index contributed by atoms with van der Waals surface area (Å²) in [6.07, 6.45) is 0. The summed E-state index contributed by atoms with van der Waals surface area (Å²) in [6.45, 7) is 0. The molecule has 0 bridgehead atoms. The van der Waals surface area contributed by atoms with Crippen LogP contribution in [-0.4, -0.2) is 62.1 Å². The molecule has 0 spiro atoms. The first-order chi connectivity index (χ1) is 19.0. The van der Waals surface area contributed by atoms with Crippen LogP contribution in [0, 0.1) is 0 Å². The van der Waals surface area contributed by atoms with E-state index in [1.165, 1.54) is 44.6 Å². The van der Waals surface area contributed by atoms with Crippen molar-refractivity contribution in [3.63, 3.8) is 0 Å². The number of rotatable bonds is 6. The Balaban J connectivity index is 0.000000185. The Kier molecular flexibility index (Phi) is 8.58. The van der Waals surface area contributed by atoms with E-state index >= 15 is 0 Å². The summed E-state index contributed by atoms with van der Waals surface area (Å²) < 4.78 is 0. The molecule has 0 saturated heterocycles. The number of nitrogens with two attached hydrogens (primary N) is 1. The maximum absolute atomic E-state index is 6.26. The normalized spacial score (nSPS) is 10.6. The number of aromatic nitrogens is 1. The fraction of sp³-hybridized carbons (Fsp3) is 0.235. The Morgan fingerprint density at radius 3 is 1.10 bits per heavy atom. The van der Waals surface area contributed by atoms with Crippen molar-refractivity contribution in [3.05, 3.63) is 102 Å². The Morgan fingerprint density at radius 1 is 0.450 bits per heavy atom. The van der Waals surface area contributed by atoms with Crippen LogP contribution in [-0.2, 0) is 0 Å². The molecular formula is C34H42N6+2. The lowest BCUT2D eigenvalue weighted by atomic mass is 10.0. The molecule has 4 aromatic carbocycles. The van der Waals surface area contributed by atoms with Crippen molar-refractivity contribution in [1.29, 1.82) is 0 Å². The fourth-order valence-corrected chi connectivity index (χ4v) is 4.47. The zero-order valence-corrected chi connectivity index (χ0v) is 25.0. The van der Waals surface area contributed by atoms with Gasteiger partial charge < -0.3 is 19.6 Å². The summed E-state index contributed by atoms with van der Waals surface area (Å²) in [5.74, 6) is 0. The van der Waals surface area contributed by atoms with Gasteiger partial charge in [-0.3, -0.25) is 5.41 Å². The zero-order valence-electron chi connectivity index (χ0n) is 25.0. The number of hydrogen-bond acceptors (Lipinski definition) is 4. The molecule has 1 aromatic heterocycles. The van der Waals surface area contributed by atoms with E-state index in [4.69, 9.17) is 5.41 Å². The summed E-state index contributed by atoms with van der Waals surface area (Å²) in [5.41, 5.74) is 9.99. The number of pyridine rings is 1. The van der Waals surface area contributed by atoms with E-state index in [1.807, 2.05) is 28.2 Å². The molecule has 0 fully saturated rings. The van der Waals surface area contributed by atoms with Crippen molar-refractivity contribution in [2.24, 2.45) is 0 Å². The quantitative estimate of drug-likeness (QED) is 0.260. The number of anilines is 4. The zero-order chi connectivity index (χ0) is 29.0. The summed E-state index contributed by atoms with van der Waals surface area (Å²) in [7, 11) is 16.4. The average molecular weight is 535 g/mol. The first kappa shape index (κ1) is 28.4. The van der Waals surface area contributed by atoms with Crippen LogP contribution in [0.5, 0.6) is 0 Å². The molecule has 0 atom stereocenters. The predicted octanol–water partition coefficient (Wildman–Crippen LogP) is 4.35. The number of nitrogens with one attached hydrogen (secondary N) is 1. The van der Waals surface area contributed by atoms with Gasteiger partial charge in [-0.05, 0) is 78.9 Å². The van der Waals surface area contributed by atoms with E-state index in [-0.39, 0.29) is 0 Å². The molecule has 6 nitrogen and oxygen atoms in total. The van der Waals surface area contributed by atoms with Crippen molar-refractivity contribution in [2.45, 2.75) is 0 Å². The lowest BCUT2D eigenvalue weighted by molar-refractivity contribution is -0.310. The van der Waals surface area contributed by atoms with Gasteiger partial charge in [0.25, 0.3) is 0 Å². The van der Waals surface area contributed by atoms with Gasteiger partial charge in [-0.15, -0.1) is 0 Å². The number of fused-ring (bicyclic) bond motifs is 2. The highest BCUT2D eigenvalue weighted by Gasteiger charge is 2.11. The van der Waals surface area contributed by atoms with Gasteiger partial charge in [0.05, 0.1) is 0 Å². The Bertz CT molecular complexity index is 1480. The summed E-state index contributed by atoms with van der Waals surface area (Å²) >= 11 is 0. The number of hydrogen-bond donors (Lipinski definition) is 1. The largest absolute Gasteiger partial charge is 0.378 e. The van der Waals surface area contributed by atoms with Gasteiger partial charge in [-0.2, -0.15) is 0 Å². The lowest BCUT2D eigenvalue weighted by Gasteiger charge is -2.13. The molecule has 6 heteroatoms. The van der Waals surface area contributed by atoms with Crippen LogP contribution in [0.25, 0.3) is 21.8 Å². The van der Waals surface area contributed by atoms with Crippen LogP contribution in [0.1, 0.15) is 11.1 Å². The molecule has 5 aromatic rings. The van der Waals surface area contributed by atoms with E-state index in [0.29, 0.717) is 0 Å². The first-order valence-corrected chi connectivity index (χ1v) is 13.5. The molecule has 0 aliphatic carbocycles. The fourth-order valence-electron chi connectivity index (χ4n) is 4.47.